The molecular formula is C24H33N3O6S. The molecule has 2 atom stereocenters. The first-order chi connectivity index (χ1) is 16.3. The van der Waals surface area contributed by atoms with E-state index in [0.717, 1.165) is 24.2 Å². The Morgan fingerprint density at radius 2 is 2.09 bits per heavy atom. The van der Waals surface area contributed by atoms with Gasteiger partial charge in [-0.1, -0.05) is 17.3 Å². The topological polar surface area (TPSA) is 102 Å². The second-order valence-corrected chi connectivity index (χ2v) is 10.9. The number of aromatic nitrogens is 1. The molecule has 2 aliphatic heterocycles. The molecule has 0 bridgehead atoms. The van der Waals surface area contributed by atoms with Crippen LogP contribution < -0.4 is 4.74 Å². The van der Waals surface area contributed by atoms with Crippen molar-refractivity contribution in [2.75, 3.05) is 33.4 Å². The molecule has 1 aromatic carbocycles. The molecule has 0 saturated carbocycles. The molecule has 0 spiro atoms. The summed E-state index contributed by atoms with van der Waals surface area (Å²) in [5.74, 6) is 0.536. The average Bonchev–Trinajstić information content (AvgIpc) is 3.47. The van der Waals surface area contributed by atoms with Gasteiger partial charge in [-0.25, -0.2) is 8.42 Å². The number of nitrogens with zero attached hydrogens (tertiary/aromatic N) is 3. The molecule has 0 aliphatic carbocycles. The van der Waals surface area contributed by atoms with E-state index in [-0.39, 0.29) is 29.2 Å². The second kappa shape index (κ2) is 10.5. The number of carbonyl (C=O) groups is 1. The van der Waals surface area contributed by atoms with Gasteiger partial charge in [0.25, 0.3) is 0 Å². The summed E-state index contributed by atoms with van der Waals surface area (Å²) < 4.78 is 44.3. The Kier molecular flexibility index (Phi) is 7.59. The molecule has 0 radical (unpaired) electrons. The molecule has 0 N–H and O–H groups in total. The van der Waals surface area contributed by atoms with Crippen molar-refractivity contribution in [1.29, 1.82) is 0 Å². The Hall–Kier alpha value is -2.43. The number of methoxy groups -OCH3 is 1. The van der Waals surface area contributed by atoms with Crippen LogP contribution >= 0.6 is 0 Å². The monoisotopic (exact) mass is 491 g/mol. The summed E-state index contributed by atoms with van der Waals surface area (Å²) in [5.41, 5.74) is 1.30. The van der Waals surface area contributed by atoms with Crippen LogP contribution in [0, 0.1) is 19.8 Å². The molecule has 2 fully saturated rings. The van der Waals surface area contributed by atoms with Crippen molar-refractivity contribution in [3.8, 4) is 5.75 Å². The lowest BCUT2D eigenvalue weighted by atomic mass is 9.97. The zero-order valence-corrected chi connectivity index (χ0v) is 20.8. The quantitative estimate of drug-likeness (QED) is 0.559. The van der Waals surface area contributed by atoms with Gasteiger partial charge < -0.3 is 18.9 Å². The molecule has 2 aromatic rings. The van der Waals surface area contributed by atoms with E-state index in [2.05, 4.69) is 5.16 Å². The minimum absolute atomic E-state index is 0.000267. The number of amides is 1. The van der Waals surface area contributed by atoms with Gasteiger partial charge in [-0.3, -0.25) is 4.79 Å². The van der Waals surface area contributed by atoms with E-state index in [0.29, 0.717) is 44.8 Å². The maximum Gasteiger partial charge on any atom is 0.248 e. The summed E-state index contributed by atoms with van der Waals surface area (Å²) in [4.78, 5) is 15.7. The summed E-state index contributed by atoms with van der Waals surface area (Å²) in [7, 11) is -2.18. The van der Waals surface area contributed by atoms with Crippen LogP contribution in [-0.4, -0.2) is 68.1 Å². The molecule has 10 heteroatoms. The smallest absolute Gasteiger partial charge is 0.248 e. The molecule has 2 unspecified atom stereocenters. The highest BCUT2D eigenvalue weighted by atomic mass is 32.2. The SMILES string of the molecule is COc1cccc(CN(CC2CCCO2)C(=O)C2CCCN(S(=O)(=O)c3c(C)noc3C)C2)c1. The molecule has 2 aliphatic rings. The molecule has 9 nitrogen and oxygen atoms in total. The van der Waals surface area contributed by atoms with Crippen molar-refractivity contribution in [2.24, 2.45) is 5.92 Å². The Bertz CT molecular complexity index is 1090. The second-order valence-electron chi connectivity index (χ2n) is 9.06. The summed E-state index contributed by atoms with van der Waals surface area (Å²) in [6.07, 6.45) is 3.16. The number of piperidine rings is 1. The largest absolute Gasteiger partial charge is 0.497 e. The van der Waals surface area contributed by atoms with E-state index in [1.165, 1.54) is 4.31 Å². The Morgan fingerprint density at radius 1 is 1.26 bits per heavy atom. The fraction of sp³-hybridized carbons (Fsp3) is 0.583. The number of benzene rings is 1. The first-order valence-electron chi connectivity index (χ1n) is 11.8. The highest BCUT2D eigenvalue weighted by Crippen LogP contribution is 2.29. The van der Waals surface area contributed by atoms with Crippen LogP contribution in [0.1, 0.15) is 42.7 Å². The molecule has 2 saturated heterocycles. The first kappa shape index (κ1) is 24.7. The van der Waals surface area contributed by atoms with E-state index >= 15 is 0 Å². The van der Waals surface area contributed by atoms with Gasteiger partial charge in [0.15, 0.2) is 5.76 Å². The lowest BCUT2D eigenvalue weighted by Crippen LogP contribution is -2.48. The van der Waals surface area contributed by atoms with Gasteiger partial charge in [0.05, 0.1) is 19.1 Å². The zero-order chi connectivity index (χ0) is 24.3. The lowest BCUT2D eigenvalue weighted by molar-refractivity contribution is -0.139. The van der Waals surface area contributed by atoms with Gasteiger partial charge >= 0.3 is 0 Å². The van der Waals surface area contributed by atoms with Crippen molar-refractivity contribution in [3.05, 3.63) is 41.3 Å². The third-order valence-electron chi connectivity index (χ3n) is 6.57. The molecule has 4 rings (SSSR count). The van der Waals surface area contributed by atoms with E-state index < -0.39 is 15.9 Å². The highest BCUT2D eigenvalue weighted by Gasteiger charge is 2.38. The molecule has 1 aromatic heterocycles. The number of hydrogen-bond donors (Lipinski definition) is 0. The number of hydrogen-bond acceptors (Lipinski definition) is 7. The van der Waals surface area contributed by atoms with Crippen LogP contribution in [0.25, 0.3) is 0 Å². The Labute approximate surface area is 201 Å². The third-order valence-corrected chi connectivity index (χ3v) is 8.68. The number of ether oxygens (including phenoxy) is 2. The van der Waals surface area contributed by atoms with Crippen LogP contribution in [0.15, 0.2) is 33.7 Å². The fourth-order valence-corrected chi connectivity index (χ4v) is 6.67. The Morgan fingerprint density at radius 3 is 2.76 bits per heavy atom. The van der Waals surface area contributed by atoms with Crippen molar-refractivity contribution >= 4 is 15.9 Å². The van der Waals surface area contributed by atoms with Gasteiger partial charge in [0.2, 0.25) is 15.9 Å². The van der Waals surface area contributed by atoms with Crippen molar-refractivity contribution in [3.63, 3.8) is 0 Å². The van der Waals surface area contributed by atoms with Gasteiger partial charge in [-0.15, -0.1) is 0 Å². The maximum absolute atomic E-state index is 13.7. The third kappa shape index (κ3) is 5.29. The normalized spacial score (nSPS) is 21.5. The van der Waals surface area contributed by atoms with E-state index in [1.54, 1.807) is 21.0 Å². The van der Waals surface area contributed by atoms with Crippen LogP contribution in [0.5, 0.6) is 5.75 Å². The minimum atomic E-state index is -3.80. The highest BCUT2D eigenvalue weighted by molar-refractivity contribution is 7.89. The standard InChI is InChI=1S/C24H33N3O6S/c1-17-23(18(2)33-25-17)34(29,30)27-11-5-8-20(15-27)24(28)26(16-22-10-6-12-32-22)14-19-7-4-9-21(13-19)31-3/h4,7,9,13,20,22H,5-6,8,10-12,14-16H2,1-3H3. The summed E-state index contributed by atoms with van der Waals surface area (Å²) >= 11 is 0. The van der Waals surface area contributed by atoms with Crippen molar-refractivity contribution in [2.45, 2.75) is 57.1 Å². The van der Waals surface area contributed by atoms with Gasteiger partial charge in [-0.2, -0.15) is 4.31 Å². The number of sulfonamides is 1. The molecular weight excluding hydrogens is 458 g/mol. The summed E-state index contributed by atoms with van der Waals surface area (Å²) in [6.45, 7) is 5.35. The molecule has 186 valence electrons. The summed E-state index contributed by atoms with van der Waals surface area (Å²) in [5, 5.41) is 3.80. The average molecular weight is 492 g/mol. The van der Waals surface area contributed by atoms with Gasteiger partial charge in [-0.05, 0) is 57.2 Å². The van der Waals surface area contributed by atoms with Crippen LogP contribution in [0.3, 0.4) is 0 Å². The predicted molar refractivity (Wildman–Crippen MR) is 125 cm³/mol. The van der Waals surface area contributed by atoms with E-state index in [1.807, 2.05) is 29.2 Å². The van der Waals surface area contributed by atoms with E-state index in [9.17, 15) is 13.2 Å². The first-order valence-corrected chi connectivity index (χ1v) is 13.2. The summed E-state index contributed by atoms with van der Waals surface area (Å²) in [6, 6.07) is 7.66. The van der Waals surface area contributed by atoms with E-state index in [4.69, 9.17) is 14.0 Å². The molecule has 34 heavy (non-hydrogen) atoms. The lowest BCUT2D eigenvalue weighted by Gasteiger charge is -2.35. The van der Waals surface area contributed by atoms with Crippen molar-refractivity contribution < 1.29 is 27.2 Å². The van der Waals surface area contributed by atoms with Gasteiger partial charge in [0, 0.05) is 32.8 Å². The predicted octanol–water partition coefficient (Wildman–Crippen LogP) is 2.91. The molecule has 3 heterocycles. The maximum atomic E-state index is 13.7. The number of carbonyl (C=O) groups excluding carboxylic acids is 1. The van der Waals surface area contributed by atoms with Crippen LogP contribution in [0.2, 0.25) is 0 Å². The van der Waals surface area contributed by atoms with Crippen LogP contribution in [-0.2, 0) is 26.1 Å². The molecule has 1 amide bonds. The zero-order valence-electron chi connectivity index (χ0n) is 20.0. The Balaban J connectivity index is 1.53. The fourth-order valence-electron chi connectivity index (χ4n) is 4.85. The number of rotatable bonds is 8. The number of aryl methyl sites for hydroxylation is 2. The minimum Gasteiger partial charge on any atom is -0.497 e. The van der Waals surface area contributed by atoms with Crippen molar-refractivity contribution in [1.82, 2.24) is 14.4 Å². The van der Waals surface area contributed by atoms with Gasteiger partial charge in [0.1, 0.15) is 16.3 Å². The van der Waals surface area contributed by atoms with Crippen LogP contribution in [0.4, 0.5) is 0 Å².